The monoisotopic (exact) mass is 508 g/mol. The van der Waals surface area contributed by atoms with Crippen LogP contribution in [0.1, 0.15) is 47.0 Å². The molecule has 0 amide bonds. The highest BCUT2D eigenvalue weighted by Gasteiger charge is 2.84. The van der Waals surface area contributed by atoms with Gasteiger partial charge in [-0.15, -0.1) is 0 Å². The van der Waals surface area contributed by atoms with E-state index in [9.17, 15) is 30.0 Å². The second-order valence-corrected chi connectivity index (χ2v) is 12.3. The molecule has 4 bridgehead atoms. The minimum absolute atomic E-state index is 0.0224. The fraction of sp³-hybridized carbons (Fsp3) is 0.852. The third kappa shape index (κ3) is 2.93. The first-order valence-corrected chi connectivity index (χ1v) is 13.2. The van der Waals surface area contributed by atoms with E-state index in [0.717, 1.165) is 11.9 Å². The molecule has 0 aromatic carbocycles. The summed E-state index contributed by atoms with van der Waals surface area (Å²) in [5, 5.41) is 43.1. The van der Waals surface area contributed by atoms with Crippen molar-refractivity contribution >= 4 is 12.3 Å². The number of carbonyl (C=O) groups excluding carboxylic acids is 1. The summed E-state index contributed by atoms with van der Waals surface area (Å²) >= 11 is 0. The maximum Gasteiger partial charge on any atom is 0.315 e. The fourth-order valence-electron chi connectivity index (χ4n) is 9.31. The number of ether oxygens (including phenoxy) is 3. The molecule has 4 aliphatic carbocycles. The van der Waals surface area contributed by atoms with Crippen molar-refractivity contribution in [2.24, 2.45) is 45.8 Å². The van der Waals surface area contributed by atoms with Gasteiger partial charge >= 0.3 is 5.97 Å². The lowest BCUT2D eigenvalue weighted by Crippen LogP contribution is -2.64. The molecule has 0 aromatic heterocycles. The van der Waals surface area contributed by atoms with Crippen molar-refractivity contribution in [1.82, 2.24) is 0 Å². The molecule has 4 fully saturated rings. The van der Waals surface area contributed by atoms with Gasteiger partial charge in [-0.1, -0.05) is 32.4 Å². The lowest BCUT2D eigenvalue weighted by molar-refractivity contribution is -0.307. The summed E-state index contributed by atoms with van der Waals surface area (Å²) < 4.78 is 17.3. The van der Waals surface area contributed by atoms with Crippen LogP contribution in [-0.2, 0) is 23.8 Å². The van der Waals surface area contributed by atoms with E-state index in [1.807, 2.05) is 20.8 Å². The van der Waals surface area contributed by atoms with Gasteiger partial charge in [0.2, 0.25) is 0 Å². The van der Waals surface area contributed by atoms with Crippen LogP contribution in [0.2, 0.25) is 0 Å². The summed E-state index contributed by atoms with van der Waals surface area (Å²) in [7, 11) is 1.43. The van der Waals surface area contributed by atoms with E-state index >= 15 is 0 Å². The molecule has 1 aliphatic heterocycles. The molecule has 13 atom stereocenters. The summed E-state index contributed by atoms with van der Waals surface area (Å²) in [5.74, 6) is -1.63. The second kappa shape index (κ2) is 8.58. The molecule has 0 aromatic rings. The first-order chi connectivity index (χ1) is 16.9. The minimum Gasteiger partial charge on any atom is -0.481 e. The Hall–Kier alpha value is -1.36. The first kappa shape index (κ1) is 26.3. The average molecular weight is 509 g/mol. The topological polar surface area (TPSA) is 143 Å². The van der Waals surface area contributed by atoms with E-state index in [0.29, 0.717) is 19.3 Å². The molecule has 202 valence electrons. The van der Waals surface area contributed by atoms with Crippen molar-refractivity contribution in [2.75, 3.05) is 13.7 Å². The lowest BCUT2D eigenvalue weighted by atomic mass is 9.43. The molecule has 1 heterocycles. The van der Waals surface area contributed by atoms with Crippen LogP contribution in [0.3, 0.4) is 0 Å². The number of rotatable bonds is 7. The van der Waals surface area contributed by atoms with Crippen molar-refractivity contribution in [1.29, 1.82) is 0 Å². The first-order valence-electron chi connectivity index (χ1n) is 13.2. The number of carboxylic acid groups (broad SMARTS) is 1. The van der Waals surface area contributed by atoms with Gasteiger partial charge in [0.25, 0.3) is 0 Å². The minimum atomic E-state index is -1.47. The van der Waals surface area contributed by atoms with Gasteiger partial charge in [0.1, 0.15) is 30.0 Å². The third-order valence-electron chi connectivity index (χ3n) is 10.8. The quantitative estimate of drug-likeness (QED) is 0.296. The van der Waals surface area contributed by atoms with E-state index in [1.54, 1.807) is 6.92 Å². The third-order valence-corrected chi connectivity index (χ3v) is 10.8. The Bertz CT molecular complexity index is 950. The summed E-state index contributed by atoms with van der Waals surface area (Å²) in [6.07, 6.45) is -1.37. The number of carbonyl (C=O) groups is 2. The second-order valence-electron chi connectivity index (χ2n) is 12.3. The van der Waals surface area contributed by atoms with Crippen LogP contribution in [0.15, 0.2) is 11.6 Å². The average Bonchev–Trinajstić information content (AvgIpc) is 3.35. The fourth-order valence-corrected chi connectivity index (χ4v) is 9.31. The number of fused-ring (bicyclic) bond motifs is 2. The molecule has 1 saturated heterocycles. The molecule has 36 heavy (non-hydrogen) atoms. The van der Waals surface area contributed by atoms with Crippen LogP contribution in [0.25, 0.3) is 0 Å². The van der Waals surface area contributed by atoms with Gasteiger partial charge in [-0.3, -0.25) is 4.79 Å². The number of hydrogen-bond acceptors (Lipinski definition) is 8. The Morgan fingerprint density at radius 3 is 2.50 bits per heavy atom. The van der Waals surface area contributed by atoms with E-state index in [4.69, 9.17) is 14.2 Å². The van der Waals surface area contributed by atoms with E-state index in [-0.39, 0.29) is 36.2 Å². The van der Waals surface area contributed by atoms with E-state index < -0.39 is 59.0 Å². The summed E-state index contributed by atoms with van der Waals surface area (Å²) in [4.78, 5) is 26.6. The molecular weight excluding hydrogens is 468 g/mol. The van der Waals surface area contributed by atoms with Gasteiger partial charge in [-0.2, -0.15) is 0 Å². The predicted molar refractivity (Wildman–Crippen MR) is 127 cm³/mol. The van der Waals surface area contributed by atoms with Crippen molar-refractivity contribution in [2.45, 2.75) is 83.8 Å². The molecule has 0 spiro atoms. The highest BCUT2D eigenvalue weighted by atomic mass is 16.7. The Labute approximate surface area is 211 Å². The van der Waals surface area contributed by atoms with E-state index in [1.165, 1.54) is 7.11 Å². The molecule has 0 radical (unpaired) electrons. The van der Waals surface area contributed by atoms with Crippen LogP contribution in [0.4, 0.5) is 0 Å². The molecular formula is C27H40O9. The van der Waals surface area contributed by atoms with Gasteiger partial charge in [-0.25, -0.2) is 0 Å². The molecule has 5 aliphatic rings. The number of allylic oxidation sites excluding steroid dienone is 1. The summed E-state index contributed by atoms with van der Waals surface area (Å²) in [6, 6.07) is 0. The molecule has 13 unspecified atom stereocenters. The number of aliphatic hydroxyl groups is 3. The largest absolute Gasteiger partial charge is 0.481 e. The van der Waals surface area contributed by atoms with Gasteiger partial charge in [0.05, 0.1) is 24.2 Å². The van der Waals surface area contributed by atoms with Crippen LogP contribution >= 0.6 is 0 Å². The molecule has 9 nitrogen and oxygen atoms in total. The molecule has 9 heteroatoms. The molecule has 4 N–H and O–H groups in total. The number of aliphatic carboxylic acids is 1. The SMILES string of the molecule is COC1C(C)OC(OCC23CC4C(C)C(O)CC4C4(C=O)CC2C=C(C(C)C)C43C(=O)O)C(O)C1O. The number of methoxy groups -OCH3 is 1. The Morgan fingerprint density at radius 1 is 1.22 bits per heavy atom. The van der Waals surface area contributed by atoms with Crippen LogP contribution < -0.4 is 0 Å². The highest BCUT2D eigenvalue weighted by Crippen LogP contribution is 2.82. The number of aldehydes is 1. The highest BCUT2D eigenvalue weighted by molar-refractivity contribution is 5.90. The zero-order chi connectivity index (χ0) is 26.4. The zero-order valence-corrected chi connectivity index (χ0v) is 21.7. The van der Waals surface area contributed by atoms with Crippen molar-refractivity contribution in [3.05, 3.63) is 11.6 Å². The maximum absolute atomic E-state index is 13.5. The Balaban J connectivity index is 1.58. The van der Waals surface area contributed by atoms with Crippen LogP contribution in [0.5, 0.6) is 0 Å². The Morgan fingerprint density at radius 2 is 1.92 bits per heavy atom. The number of carboxylic acids is 1. The van der Waals surface area contributed by atoms with Crippen LogP contribution in [0, 0.1) is 45.8 Å². The lowest BCUT2D eigenvalue weighted by Gasteiger charge is -2.58. The van der Waals surface area contributed by atoms with Gasteiger partial charge in [0.15, 0.2) is 6.29 Å². The standard InChI is InChI=1S/C27H40O9/c1-12(2)17-6-15-8-25(10-28)18-7-19(29)13(3)16(18)9-26(15,27(17,25)24(32)33)11-35-23-21(31)20(30)22(34-5)14(4)36-23/h6,10,12-16,18-23,29-31H,7-9,11H2,1-5H3,(H,32,33). The van der Waals surface area contributed by atoms with Gasteiger partial charge in [-0.05, 0) is 55.8 Å². The predicted octanol–water partition coefficient (Wildman–Crippen LogP) is 1.38. The van der Waals surface area contributed by atoms with E-state index in [2.05, 4.69) is 6.08 Å². The smallest absolute Gasteiger partial charge is 0.315 e. The van der Waals surface area contributed by atoms with Crippen molar-refractivity contribution < 1.29 is 44.2 Å². The van der Waals surface area contributed by atoms with Crippen molar-refractivity contribution in [3.8, 4) is 0 Å². The molecule has 3 saturated carbocycles. The van der Waals surface area contributed by atoms with Gasteiger partial charge < -0.3 is 39.4 Å². The van der Waals surface area contributed by atoms with Gasteiger partial charge in [0, 0.05) is 12.5 Å². The number of aliphatic hydroxyl groups excluding tert-OH is 3. The summed E-state index contributed by atoms with van der Waals surface area (Å²) in [6.45, 7) is 7.58. The van der Waals surface area contributed by atoms with Crippen LogP contribution in [-0.4, -0.2) is 83.2 Å². The molecule has 5 rings (SSSR count). The number of hydrogen-bond donors (Lipinski definition) is 4. The summed E-state index contributed by atoms with van der Waals surface area (Å²) in [5.41, 5.74) is -2.79. The van der Waals surface area contributed by atoms with Crippen molar-refractivity contribution in [3.63, 3.8) is 0 Å². The maximum atomic E-state index is 13.5. The zero-order valence-electron chi connectivity index (χ0n) is 21.7. The normalized spacial score (nSPS) is 53.4. The Kier molecular flexibility index (Phi) is 6.26.